The van der Waals surface area contributed by atoms with Crippen LogP contribution >= 0.6 is 0 Å². The van der Waals surface area contributed by atoms with E-state index in [1.54, 1.807) is 30.3 Å². The van der Waals surface area contributed by atoms with Crippen LogP contribution in [0.1, 0.15) is 15.9 Å². The lowest BCUT2D eigenvalue weighted by molar-refractivity contribution is 0.0383. The zero-order chi connectivity index (χ0) is 13.5. The van der Waals surface area contributed by atoms with Crippen LogP contribution in [0.15, 0.2) is 66.4 Å². The van der Waals surface area contributed by atoms with Gasteiger partial charge in [-0.15, -0.1) is 0 Å². The monoisotopic (exact) mass is 254 g/mol. The summed E-state index contributed by atoms with van der Waals surface area (Å²) in [6, 6.07) is 18.2. The molecule has 0 aliphatic rings. The van der Waals surface area contributed by atoms with Crippen LogP contribution in [-0.2, 0) is 4.74 Å². The summed E-state index contributed by atoms with van der Waals surface area (Å²) in [4.78, 5) is 12.2. The molecule has 96 valence electrons. The van der Waals surface area contributed by atoms with Gasteiger partial charge in [-0.1, -0.05) is 60.7 Å². The highest BCUT2D eigenvalue weighted by molar-refractivity contribution is 6.09. The van der Waals surface area contributed by atoms with E-state index in [2.05, 4.69) is 0 Å². The molecular weight excluding hydrogens is 240 g/mol. The number of carbonyl (C=O) groups is 1. The van der Waals surface area contributed by atoms with Gasteiger partial charge in [0, 0.05) is 5.56 Å². The number of ketones is 1. The second-order valence-corrected chi connectivity index (χ2v) is 3.89. The Balaban J connectivity index is 2.31. The molecule has 1 N–H and O–H groups in total. The van der Waals surface area contributed by atoms with Gasteiger partial charge in [0.15, 0.2) is 12.6 Å². The molecule has 2 aromatic carbocycles. The van der Waals surface area contributed by atoms with E-state index in [0.29, 0.717) is 5.56 Å². The molecule has 2 rings (SSSR count). The highest BCUT2D eigenvalue weighted by atomic mass is 16.6. The van der Waals surface area contributed by atoms with E-state index in [9.17, 15) is 4.79 Å². The third kappa shape index (κ3) is 3.53. The summed E-state index contributed by atoms with van der Waals surface area (Å²) < 4.78 is 5.03. The Bertz CT molecular complexity index is 559. The van der Waals surface area contributed by atoms with Gasteiger partial charge in [-0.3, -0.25) is 4.79 Å². The number of hydrogen-bond acceptors (Lipinski definition) is 3. The number of rotatable bonds is 5. The molecule has 0 amide bonds. The standard InChI is InChI=1S/C16H14O3/c17-12-19-15(11-13-7-3-1-4-8-13)16(18)14-9-5-2-6-10-14/h1-11,17H,12H2/b15-11-. The van der Waals surface area contributed by atoms with Crippen molar-refractivity contribution < 1.29 is 14.6 Å². The Morgan fingerprint density at radius 1 is 1.00 bits per heavy atom. The quantitative estimate of drug-likeness (QED) is 0.386. The van der Waals surface area contributed by atoms with E-state index in [0.717, 1.165) is 5.56 Å². The first-order chi connectivity index (χ1) is 9.31. The summed E-state index contributed by atoms with van der Waals surface area (Å²) in [5.41, 5.74) is 1.37. The van der Waals surface area contributed by atoms with Crippen LogP contribution in [0.3, 0.4) is 0 Å². The Morgan fingerprint density at radius 3 is 2.16 bits per heavy atom. The van der Waals surface area contributed by atoms with E-state index in [-0.39, 0.29) is 11.5 Å². The highest BCUT2D eigenvalue weighted by Gasteiger charge is 2.13. The van der Waals surface area contributed by atoms with Crippen molar-refractivity contribution in [1.29, 1.82) is 0 Å². The molecule has 0 spiro atoms. The summed E-state index contributed by atoms with van der Waals surface area (Å²) in [7, 11) is 0. The van der Waals surface area contributed by atoms with Gasteiger partial charge in [-0.2, -0.15) is 0 Å². The lowest BCUT2D eigenvalue weighted by Crippen LogP contribution is -2.07. The number of ether oxygens (including phenoxy) is 1. The fraction of sp³-hybridized carbons (Fsp3) is 0.0625. The number of aliphatic hydroxyl groups is 1. The Morgan fingerprint density at radius 2 is 1.58 bits per heavy atom. The molecular formula is C16H14O3. The molecule has 3 nitrogen and oxygen atoms in total. The van der Waals surface area contributed by atoms with Crippen molar-refractivity contribution in [3.05, 3.63) is 77.5 Å². The highest BCUT2D eigenvalue weighted by Crippen LogP contribution is 2.13. The van der Waals surface area contributed by atoms with E-state index < -0.39 is 6.79 Å². The third-order valence-corrected chi connectivity index (χ3v) is 2.58. The van der Waals surface area contributed by atoms with Crippen LogP contribution in [0.25, 0.3) is 6.08 Å². The van der Waals surface area contributed by atoms with E-state index >= 15 is 0 Å². The fourth-order valence-corrected chi connectivity index (χ4v) is 1.67. The molecule has 0 aliphatic carbocycles. The summed E-state index contributed by atoms with van der Waals surface area (Å²) in [5.74, 6) is -0.126. The maximum Gasteiger partial charge on any atom is 0.227 e. The van der Waals surface area contributed by atoms with Crippen molar-refractivity contribution >= 4 is 11.9 Å². The van der Waals surface area contributed by atoms with Crippen molar-refractivity contribution in [2.45, 2.75) is 0 Å². The molecule has 0 aliphatic heterocycles. The summed E-state index contributed by atoms with van der Waals surface area (Å²) in [6.07, 6.45) is 1.62. The second-order valence-electron chi connectivity index (χ2n) is 3.89. The molecule has 3 heteroatoms. The van der Waals surface area contributed by atoms with E-state index in [4.69, 9.17) is 9.84 Å². The lowest BCUT2D eigenvalue weighted by Gasteiger charge is -2.07. The average molecular weight is 254 g/mol. The van der Waals surface area contributed by atoms with Gasteiger partial charge in [-0.25, -0.2) is 0 Å². The molecule has 0 bridgehead atoms. The molecule has 0 atom stereocenters. The fourth-order valence-electron chi connectivity index (χ4n) is 1.67. The van der Waals surface area contributed by atoms with Crippen LogP contribution < -0.4 is 0 Å². The zero-order valence-electron chi connectivity index (χ0n) is 10.3. The first kappa shape index (κ1) is 13.1. The van der Waals surface area contributed by atoms with Gasteiger partial charge in [-0.05, 0) is 11.6 Å². The maximum atomic E-state index is 12.2. The molecule has 0 fully saturated rings. The number of hydrogen-bond donors (Lipinski definition) is 1. The van der Waals surface area contributed by atoms with Crippen LogP contribution in [0.5, 0.6) is 0 Å². The minimum Gasteiger partial charge on any atom is -0.464 e. The number of aliphatic hydroxyl groups excluding tert-OH is 1. The van der Waals surface area contributed by atoms with Crippen LogP contribution in [0.2, 0.25) is 0 Å². The lowest BCUT2D eigenvalue weighted by atomic mass is 10.1. The summed E-state index contributed by atoms with van der Waals surface area (Å²) in [5, 5.41) is 8.90. The van der Waals surface area contributed by atoms with Gasteiger partial charge in [0.05, 0.1) is 0 Å². The summed E-state index contributed by atoms with van der Waals surface area (Å²) >= 11 is 0. The zero-order valence-corrected chi connectivity index (χ0v) is 10.3. The van der Waals surface area contributed by atoms with Crippen molar-refractivity contribution in [1.82, 2.24) is 0 Å². The first-order valence-electron chi connectivity index (χ1n) is 5.91. The van der Waals surface area contributed by atoms with Crippen molar-refractivity contribution in [2.75, 3.05) is 6.79 Å². The van der Waals surface area contributed by atoms with E-state index in [1.807, 2.05) is 36.4 Å². The molecule has 0 aromatic heterocycles. The SMILES string of the molecule is O=C(/C(=C/c1ccccc1)OCO)c1ccccc1. The van der Waals surface area contributed by atoms with Crippen molar-refractivity contribution in [2.24, 2.45) is 0 Å². The molecule has 0 saturated carbocycles. The second kappa shape index (κ2) is 6.52. The van der Waals surface area contributed by atoms with Gasteiger partial charge in [0.25, 0.3) is 0 Å². The Hall–Kier alpha value is -2.39. The van der Waals surface area contributed by atoms with Gasteiger partial charge in [0.1, 0.15) is 0 Å². The first-order valence-corrected chi connectivity index (χ1v) is 5.91. The summed E-state index contributed by atoms with van der Waals surface area (Å²) in [6.45, 7) is -0.531. The molecule has 0 heterocycles. The van der Waals surface area contributed by atoms with Gasteiger partial charge in [0.2, 0.25) is 5.78 Å². The molecule has 0 radical (unpaired) electrons. The van der Waals surface area contributed by atoms with Gasteiger partial charge < -0.3 is 9.84 Å². The molecule has 0 saturated heterocycles. The number of carbonyl (C=O) groups excluding carboxylic acids is 1. The average Bonchev–Trinajstić information content (AvgIpc) is 2.48. The topological polar surface area (TPSA) is 46.5 Å². The number of allylic oxidation sites excluding steroid dienone is 1. The van der Waals surface area contributed by atoms with Crippen molar-refractivity contribution in [3.8, 4) is 0 Å². The smallest absolute Gasteiger partial charge is 0.227 e. The van der Waals surface area contributed by atoms with Crippen LogP contribution in [0, 0.1) is 0 Å². The van der Waals surface area contributed by atoms with Crippen LogP contribution in [0.4, 0.5) is 0 Å². The van der Waals surface area contributed by atoms with Gasteiger partial charge >= 0.3 is 0 Å². The largest absolute Gasteiger partial charge is 0.464 e. The molecule has 19 heavy (non-hydrogen) atoms. The Labute approximate surface area is 111 Å². The number of Topliss-reactive ketones (excluding diaryl/α,β-unsaturated/α-hetero) is 1. The maximum absolute atomic E-state index is 12.2. The minimum atomic E-state index is -0.531. The Kier molecular flexibility index (Phi) is 4.48. The third-order valence-electron chi connectivity index (χ3n) is 2.58. The van der Waals surface area contributed by atoms with Crippen molar-refractivity contribution in [3.63, 3.8) is 0 Å². The molecule has 0 unspecified atom stereocenters. The van der Waals surface area contributed by atoms with E-state index in [1.165, 1.54) is 0 Å². The minimum absolute atomic E-state index is 0.125. The predicted molar refractivity (Wildman–Crippen MR) is 73.4 cm³/mol. The predicted octanol–water partition coefficient (Wildman–Crippen LogP) is 2.88. The molecule has 2 aromatic rings. The normalized spacial score (nSPS) is 11.1. The number of benzene rings is 2. The van der Waals surface area contributed by atoms with Crippen LogP contribution in [-0.4, -0.2) is 17.7 Å².